The molecule has 5 nitrogen and oxygen atoms in total. The number of benzene rings is 2. The Kier molecular flexibility index (Phi) is 8.57. The minimum atomic E-state index is -4.94. The van der Waals surface area contributed by atoms with Gasteiger partial charge in [0.05, 0.1) is 11.1 Å². The molecule has 0 aliphatic carbocycles. The van der Waals surface area contributed by atoms with E-state index < -0.39 is 10.2 Å². The number of rotatable bonds is 6. The van der Waals surface area contributed by atoms with Gasteiger partial charge in [-0.05, 0) is 42.7 Å². The zero-order valence-corrected chi connectivity index (χ0v) is 16.4. The predicted molar refractivity (Wildman–Crippen MR) is 97.2 cm³/mol. The van der Waals surface area contributed by atoms with Crippen LogP contribution < -0.4 is 18.6 Å². The van der Waals surface area contributed by atoms with E-state index in [0.29, 0.717) is 0 Å². The zero-order valence-electron chi connectivity index (χ0n) is 15.7. The van der Waals surface area contributed by atoms with Crippen LogP contribution in [0.4, 0.5) is 0 Å². The summed E-state index contributed by atoms with van der Waals surface area (Å²) >= 11 is 0. The first-order valence-electron chi connectivity index (χ1n) is 9.06. The number of hydrogen-bond acceptors (Lipinski definition) is 4. The van der Waals surface area contributed by atoms with E-state index in [1.807, 2.05) is 12.1 Å². The van der Waals surface area contributed by atoms with Crippen molar-refractivity contribution < 1.29 is 33.3 Å². The van der Waals surface area contributed by atoms with Gasteiger partial charge in [0.25, 0.3) is 0 Å². The van der Waals surface area contributed by atoms with Crippen LogP contribution in [0.25, 0.3) is 22.6 Å². The van der Waals surface area contributed by atoms with Gasteiger partial charge in [-0.3, -0.25) is 0 Å². The van der Waals surface area contributed by atoms with Gasteiger partial charge >= 0.3 is 11.5 Å². The Morgan fingerprint density at radius 2 is 1.14 bits per heavy atom. The number of unbranched alkanes of at least 4 members (excludes halogenated alkanes) is 2. The van der Waals surface area contributed by atoms with Crippen LogP contribution in [-0.4, -0.2) is 0 Å². The first-order chi connectivity index (χ1) is 13.4. The molecule has 0 saturated carbocycles. The van der Waals surface area contributed by atoms with Crippen LogP contribution in [0.1, 0.15) is 31.7 Å². The van der Waals surface area contributed by atoms with Gasteiger partial charge in [0, 0.05) is 12.1 Å². The van der Waals surface area contributed by atoms with Crippen molar-refractivity contribution in [3.8, 4) is 22.6 Å². The van der Waals surface area contributed by atoms with Crippen LogP contribution in [0.2, 0.25) is 0 Å². The second-order valence-corrected chi connectivity index (χ2v) is 7.02. The molecular formula is C22H23ClO5. The molecule has 0 aliphatic rings. The van der Waals surface area contributed by atoms with E-state index in [1.54, 1.807) is 0 Å². The van der Waals surface area contributed by atoms with Crippen molar-refractivity contribution in [1.29, 1.82) is 0 Å². The Labute approximate surface area is 167 Å². The monoisotopic (exact) mass is 402 g/mol. The van der Waals surface area contributed by atoms with Crippen molar-refractivity contribution in [1.82, 2.24) is 0 Å². The number of hydrogen-bond donors (Lipinski definition) is 0. The predicted octanol–water partition coefficient (Wildman–Crippen LogP) is 1.87. The molecule has 0 aliphatic heterocycles. The number of aryl methyl sites for hydroxylation is 1. The maximum Gasteiger partial charge on any atom is 0.361 e. The van der Waals surface area contributed by atoms with Crippen molar-refractivity contribution in [2.45, 2.75) is 32.6 Å². The minimum absolute atomic E-state index is 0.943. The summed E-state index contributed by atoms with van der Waals surface area (Å²) in [7, 11) is -4.94. The lowest BCUT2D eigenvalue weighted by molar-refractivity contribution is -2.00. The van der Waals surface area contributed by atoms with E-state index in [9.17, 15) is 0 Å². The average molecular weight is 403 g/mol. The Bertz CT molecular complexity index is 769. The van der Waals surface area contributed by atoms with E-state index in [0.717, 1.165) is 29.1 Å². The molecule has 3 rings (SSSR count). The van der Waals surface area contributed by atoms with Gasteiger partial charge < -0.3 is 0 Å². The summed E-state index contributed by atoms with van der Waals surface area (Å²) in [4.78, 5) is 0. The highest BCUT2D eigenvalue weighted by molar-refractivity contribution is 5.64. The van der Waals surface area contributed by atoms with Crippen LogP contribution in [0, 0.1) is 10.2 Å². The SMILES string of the molecule is CCCCCc1cc(-c2ccccc2)[o+]c(-c2ccccc2)c1.[O-][Cl+3]([O-])([O-])[O-]. The van der Waals surface area contributed by atoms with Crippen LogP contribution in [0.15, 0.2) is 77.2 Å². The Hall–Kier alpha value is -2.28. The Morgan fingerprint density at radius 3 is 1.54 bits per heavy atom. The van der Waals surface area contributed by atoms with Crippen molar-refractivity contribution in [3.63, 3.8) is 0 Å². The van der Waals surface area contributed by atoms with Gasteiger partial charge in [-0.2, -0.15) is 0 Å². The zero-order chi connectivity index (χ0) is 20.4. The molecular weight excluding hydrogens is 380 g/mol. The maximum atomic E-state index is 8.49. The largest absolute Gasteiger partial charge is 0.361 e. The molecule has 0 spiro atoms. The molecule has 1 aromatic heterocycles. The molecule has 0 radical (unpaired) electrons. The molecule has 1 heterocycles. The highest BCUT2D eigenvalue weighted by Gasteiger charge is 2.19. The molecule has 0 saturated heterocycles. The van der Waals surface area contributed by atoms with Crippen molar-refractivity contribution >= 4 is 0 Å². The van der Waals surface area contributed by atoms with Crippen molar-refractivity contribution in [3.05, 3.63) is 78.4 Å². The van der Waals surface area contributed by atoms with Gasteiger partial charge in [-0.15, -0.1) is 10.2 Å². The second-order valence-electron chi connectivity index (χ2n) is 6.26. The van der Waals surface area contributed by atoms with Gasteiger partial charge in [0.15, 0.2) is 0 Å². The van der Waals surface area contributed by atoms with Crippen molar-refractivity contribution in [2.75, 3.05) is 0 Å². The molecule has 0 unspecified atom stereocenters. The molecule has 2 aromatic carbocycles. The quantitative estimate of drug-likeness (QED) is 0.462. The molecule has 0 bridgehead atoms. The standard InChI is InChI=1S/C22H23O.ClHO4/c1-2-3-6-11-18-16-21(19-12-7-4-8-13-19)23-22(17-18)20-14-9-5-10-15-20;2-1(3,4)5/h4-5,7-10,12-17H,2-3,6,11H2,1H3;(H,2,3,4,5)/q+1;/p-1. The third-order valence-corrected chi connectivity index (χ3v) is 4.04. The molecule has 3 aromatic rings. The second kappa shape index (κ2) is 10.9. The van der Waals surface area contributed by atoms with Crippen molar-refractivity contribution in [2.24, 2.45) is 0 Å². The molecule has 0 atom stereocenters. The fourth-order valence-electron chi connectivity index (χ4n) is 2.77. The summed E-state index contributed by atoms with van der Waals surface area (Å²) in [6.07, 6.45) is 4.84. The lowest BCUT2D eigenvalue weighted by atomic mass is 10.0. The fourth-order valence-corrected chi connectivity index (χ4v) is 2.77. The van der Waals surface area contributed by atoms with Gasteiger partial charge in [0.1, 0.15) is 0 Å². The van der Waals surface area contributed by atoms with E-state index >= 15 is 0 Å². The first kappa shape index (κ1) is 22.0. The van der Waals surface area contributed by atoms with Crippen LogP contribution in [-0.2, 0) is 6.42 Å². The highest BCUT2D eigenvalue weighted by Crippen LogP contribution is 2.29. The summed E-state index contributed by atoms with van der Waals surface area (Å²) in [5.41, 5.74) is 3.60. The average Bonchev–Trinajstić information content (AvgIpc) is 2.68. The van der Waals surface area contributed by atoms with Crippen LogP contribution >= 0.6 is 0 Å². The molecule has 28 heavy (non-hydrogen) atoms. The summed E-state index contributed by atoms with van der Waals surface area (Å²) in [6, 6.07) is 25.1. The van der Waals surface area contributed by atoms with E-state index in [-0.39, 0.29) is 0 Å². The fraction of sp³-hybridized carbons (Fsp3) is 0.227. The Morgan fingerprint density at radius 1 is 0.714 bits per heavy atom. The molecule has 0 amide bonds. The third kappa shape index (κ3) is 8.17. The lowest BCUT2D eigenvalue weighted by Crippen LogP contribution is -2.68. The topological polar surface area (TPSA) is 104 Å². The molecule has 148 valence electrons. The summed E-state index contributed by atoms with van der Waals surface area (Å²) < 4.78 is 40.2. The Balaban J connectivity index is 0.000000500. The van der Waals surface area contributed by atoms with E-state index in [4.69, 9.17) is 23.1 Å². The molecule has 6 heteroatoms. The van der Waals surface area contributed by atoms with Crippen LogP contribution in [0.5, 0.6) is 0 Å². The summed E-state index contributed by atoms with van der Waals surface area (Å²) in [5, 5.41) is 0. The smallest absolute Gasteiger partial charge is 0.222 e. The van der Waals surface area contributed by atoms with Gasteiger partial charge in [0.2, 0.25) is 0 Å². The maximum absolute atomic E-state index is 8.49. The summed E-state index contributed by atoms with van der Waals surface area (Å²) in [6.45, 7) is 2.24. The number of halogens is 1. The lowest BCUT2D eigenvalue weighted by Gasteiger charge is -2.17. The van der Waals surface area contributed by atoms with E-state index in [1.165, 1.54) is 24.8 Å². The minimum Gasteiger partial charge on any atom is -0.222 e. The van der Waals surface area contributed by atoms with Gasteiger partial charge in [-0.25, -0.2) is 23.1 Å². The third-order valence-electron chi connectivity index (χ3n) is 4.04. The summed E-state index contributed by atoms with van der Waals surface area (Å²) in [5.74, 6) is 1.89. The van der Waals surface area contributed by atoms with E-state index in [2.05, 4.69) is 67.6 Å². The van der Waals surface area contributed by atoms with Gasteiger partial charge in [-0.1, -0.05) is 56.2 Å². The first-order valence-corrected chi connectivity index (χ1v) is 10.3. The molecule has 0 N–H and O–H groups in total. The normalized spacial score (nSPS) is 10.9. The molecule has 0 fully saturated rings. The highest BCUT2D eigenvalue weighted by atomic mass is 35.7. The van der Waals surface area contributed by atoms with Crippen LogP contribution in [0.3, 0.4) is 0 Å².